The average Bonchev–Trinajstić information content (AvgIpc) is 2.08. The summed E-state index contributed by atoms with van der Waals surface area (Å²) in [5, 5.41) is 7.99. The van der Waals surface area contributed by atoms with E-state index in [4.69, 9.17) is 34.3 Å². The molecule has 4 heteroatoms. The molecule has 0 aliphatic heterocycles. The number of hydrogen-bond acceptors (Lipinski definition) is 1. The van der Waals surface area contributed by atoms with Crippen molar-refractivity contribution in [1.29, 1.82) is 5.41 Å². The molecule has 0 saturated heterocycles. The Balaban J connectivity index is 3.50. The zero-order valence-corrected chi connectivity index (χ0v) is 8.28. The fraction of sp³-hybridized carbons (Fsp3) is 0. The van der Waals surface area contributed by atoms with Gasteiger partial charge in [-0.3, -0.25) is 5.41 Å². The van der Waals surface area contributed by atoms with Crippen LogP contribution in [0.25, 0.3) is 6.08 Å². The van der Waals surface area contributed by atoms with Crippen LogP contribution >= 0.6 is 23.2 Å². The van der Waals surface area contributed by atoms with Gasteiger partial charge in [0.2, 0.25) is 0 Å². The van der Waals surface area contributed by atoms with Gasteiger partial charge >= 0.3 is 0 Å². The molecule has 3 N–H and O–H groups in total. The molecular weight excluding hydrogens is 207 g/mol. The molecule has 0 atom stereocenters. The van der Waals surface area contributed by atoms with Crippen LogP contribution in [0.4, 0.5) is 0 Å². The zero-order valence-electron chi connectivity index (χ0n) is 6.77. The van der Waals surface area contributed by atoms with E-state index in [2.05, 4.69) is 6.58 Å². The minimum Gasteiger partial charge on any atom is -0.384 e. The fourth-order valence-electron chi connectivity index (χ4n) is 1.01. The van der Waals surface area contributed by atoms with Gasteiger partial charge < -0.3 is 5.73 Å². The second-order valence-corrected chi connectivity index (χ2v) is 3.23. The van der Waals surface area contributed by atoms with Gasteiger partial charge in [0.05, 0.1) is 10.0 Å². The fourth-order valence-corrected chi connectivity index (χ4v) is 1.44. The topological polar surface area (TPSA) is 49.9 Å². The lowest BCUT2D eigenvalue weighted by molar-refractivity contribution is 1.42. The molecule has 1 rings (SSSR count). The first kappa shape index (κ1) is 10.1. The standard InChI is InChI=1S/C9H8Cl2N2/c1-2-5-3-4-6(10)8(11)7(5)9(12)13/h2-4H,1H2,(H3,12,13). The smallest absolute Gasteiger partial charge is 0.124 e. The predicted molar refractivity (Wildman–Crippen MR) is 57.6 cm³/mol. The van der Waals surface area contributed by atoms with Gasteiger partial charge in [-0.05, 0) is 11.6 Å². The van der Waals surface area contributed by atoms with Crippen molar-refractivity contribution < 1.29 is 0 Å². The number of nitrogens with one attached hydrogen (secondary N) is 1. The molecule has 0 amide bonds. The molecule has 0 bridgehead atoms. The summed E-state index contributed by atoms with van der Waals surface area (Å²) < 4.78 is 0. The number of nitrogens with two attached hydrogens (primary N) is 1. The van der Waals surface area contributed by atoms with Gasteiger partial charge in [0, 0.05) is 5.56 Å². The molecule has 0 aliphatic rings. The number of nitrogen functional groups attached to an aromatic ring is 1. The molecule has 0 aliphatic carbocycles. The maximum atomic E-state index is 7.30. The van der Waals surface area contributed by atoms with Crippen LogP contribution in [0.3, 0.4) is 0 Å². The molecule has 0 spiro atoms. The Bertz CT molecular complexity index is 372. The molecular formula is C9H8Cl2N2. The summed E-state index contributed by atoms with van der Waals surface area (Å²) in [6.45, 7) is 3.59. The Morgan fingerprint density at radius 1 is 1.46 bits per heavy atom. The van der Waals surface area contributed by atoms with Crippen molar-refractivity contribution in [3.63, 3.8) is 0 Å². The van der Waals surface area contributed by atoms with Crippen molar-refractivity contribution in [2.45, 2.75) is 0 Å². The third kappa shape index (κ3) is 1.85. The summed E-state index contributed by atoms with van der Waals surface area (Å²) in [6.07, 6.45) is 1.58. The first-order chi connectivity index (χ1) is 6.07. The lowest BCUT2D eigenvalue weighted by atomic mass is 10.1. The quantitative estimate of drug-likeness (QED) is 0.578. The third-order valence-corrected chi connectivity index (χ3v) is 2.42. The highest BCUT2D eigenvalue weighted by molar-refractivity contribution is 6.44. The molecule has 13 heavy (non-hydrogen) atoms. The average molecular weight is 215 g/mol. The summed E-state index contributed by atoms with van der Waals surface area (Å²) in [5.41, 5.74) is 6.50. The van der Waals surface area contributed by atoms with Gasteiger partial charge in [-0.25, -0.2) is 0 Å². The first-order valence-corrected chi connectivity index (χ1v) is 4.28. The molecule has 0 heterocycles. The van der Waals surface area contributed by atoms with Crippen molar-refractivity contribution in [3.8, 4) is 0 Å². The van der Waals surface area contributed by atoms with E-state index in [9.17, 15) is 0 Å². The SMILES string of the molecule is C=Cc1ccc(Cl)c(Cl)c1C(=N)N. The number of hydrogen-bond donors (Lipinski definition) is 2. The number of rotatable bonds is 2. The molecule has 0 fully saturated rings. The van der Waals surface area contributed by atoms with Crippen LogP contribution in [0, 0.1) is 5.41 Å². The summed E-state index contributed by atoms with van der Waals surface area (Å²) >= 11 is 11.6. The number of amidine groups is 1. The Hall–Kier alpha value is -0.990. The number of benzene rings is 1. The minimum atomic E-state index is -0.109. The van der Waals surface area contributed by atoms with Gasteiger partial charge in [0.1, 0.15) is 5.84 Å². The highest BCUT2D eigenvalue weighted by Crippen LogP contribution is 2.28. The maximum Gasteiger partial charge on any atom is 0.124 e. The molecule has 0 saturated carbocycles. The minimum absolute atomic E-state index is 0.109. The second-order valence-electron chi connectivity index (χ2n) is 2.44. The van der Waals surface area contributed by atoms with E-state index < -0.39 is 0 Å². The van der Waals surface area contributed by atoms with Gasteiger partial charge in [-0.15, -0.1) is 0 Å². The van der Waals surface area contributed by atoms with Crippen molar-refractivity contribution in [1.82, 2.24) is 0 Å². The third-order valence-electron chi connectivity index (χ3n) is 1.62. The van der Waals surface area contributed by atoms with Crippen molar-refractivity contribution in [3.05, 3.63) is 39.9 Å². The van der Waals surface area contributed by atoms with E-state index in [1.54, 1.807) is 18.2 Å². The largest absolute Gasteiger partial charge is 0.384 e. The lowest BCUT2D eigenvalue weighted by Gasteiger charge is -2.07. The van der Waals surface area contributed by atoms with Crippen LogP contribution in [0.1, 0.15) is 11.1 Å². The highest BCUT2D eigenvalue weighted by Gasteiger charge is 2.10. The van der Waals surface area contributed by atoms with E-state index in [0.717, 1.165) is 0 Å². The van der Waals surface area contributed by atoms with E-state index in [1.807, 2.05) is 0 Å². The first-order valence-electron chi connectivity index (χ1n) is 3.52. The van der Waals surface area contributed by atoms with E-state index in [0.29, 0.717) is 21.2 Å². The van der Waals surface area contributed by atoms with Crippen molar-refractivity contribution in [2.24, 2.45) is 5.73 Å². The summed E-state index contributed by atoms with van der Waals surface area (Å²) in [5.74, 6) is -0.109. The molecule has 1 aromatic rings. The lowest BCUT2D eigenvalue weighted by Crippen LogP contribution is -2.13. The van der Waals surface area contributed by atoms with Crippen molar-refractivity contribution in [2.75, 3.05) is 0 Å². The monoisotopic (exact) mass is 214 g/mol. The van der Waals surface area contributed by atoms with Gasteiger partial charge in [0.15, 0.2) is 0 Å². The maximum absolute atomic E-state index is 7.30. The van der Waals surface area contributed by atoms with Crippen LogP contribution in [-0.4, -0.2) is 5.84 Å². The molecule has 0 aromatic heterocycles. The molecule has 0 unspecified atom stereocenters. The van der Waals surface area contributed by atoms with Gasteiger partial charge in [-0.1, -0.05) is 41.9 Å². The molecule has 2 nitrogen and oxygen atoms in total. The van der Waals surface area contributed by atoms with Crippen LogP contribution < -0.4 is 5.73 Å². The van der Waals surface area contributed by atoms with Crippen LogP contribution in [0.2, 0.25) is 10.0 Å². The van der Waals surface area contributed by atoms with E-state index in [-0.39, 0.29) is 5.84 Å². The van der Waals surface area contributed by atoms with Gasteiger partial charge in [0.25, 0.3) is 0 Å². The van der Waals surface area contributed by atoms with Crippen LogP contribution in [0.5, 0.6) is 0 Å². The highest BCUT2D eigenvalue weighted by atomic mass is 35.5. The predicted octanol–water partition coefficient (Wildman–Crippen LogP) is 2.92. The zero-order chi connectivity index (χ0) is 10.0. The Morgan fingerprint density at radius 2 is 2.08 bits per heavy atom. The molecule has 0 radical (unpaired) electrons. The second kappa shape index (κ2) is 3.81. The van der Waals surface area contributed by atoms with Crippen LogP contribution in [0.15, 0.2) is 18.7 Å². The Morgan fingerprint density at radius 3 is 2.54 bits per heavy atom. The van der Waals surface area contributed by atoms with Crippen molar-refractivity contribution >= 4 is 35.1 Å². The molecule has 1 aromatic carbocycles. The Kier molecular flexibility index (Phi) is 2.96. The van der Waals surface area contributed by atoms with E-state index in [1.165, 1.54) is 0 Å². The summed E-state index contributed by atoms with van der Waals surface area (Å²) in [4.78, 5) is 0. The van der Waals surface area contributed by atoms with E-state index >= 15 is 0 Å². The normalized spacial score (nSPS) is 9.69. The van der Waals surface area contributed by atoms with Crippen LogP contribution in [-0.2, 0) is 0 Å². The summed E-state index contributed by atoms with van der Waals surface area (Å²) in [6, 6.07) is 3.37. The molecule has 68 valence electrons. The van der Waals surface area contributed by atoms with Gasteiger partial charge in [-0.2, -0.15) is 0 Å². The number of halogens is 2. The Labute approximate surface area is 86.5 Å². The summed E-state index contributed by atoms with van der Waals surface area (Å²) in [7, 11) is 0.